The topological polar surface area (TPSA) is 42.2 Å². The van der Waals surface area contributed by atoms with E-state index in [2.05, 4.69) is 28.0 Å². The van der Waals surface area contributed by atoms with E-state index in [9.17, 15) is 0 Å². The first kappa shape index (κ1) is 12.6. The van der Waals surface area contributed by atoms with Gasteiger partial charge < -0.3 is 9.32 Å². The van der Waals surface area contributed by atoms with Gasteiger partial charge in [0.25, 0.3) is 0 Å². The maximum Gasteiger partial charge on any atom is 0.196 e. The minimum Gasteiger partial charge on any atom is -0.450 e. The number of para-hydroxylation sites is 1. The Labute approximate surface area is 123 Å². The van der Waals surface area contributed by atoms with Crippen molar-refractivity contribution in [3.63, 3.8) is 0 Å². The highest BCUT2D eigenvalue weighted by Crippen LogP contribution is 2.34. The Hall–Kier alpha value is -2.10. The van der Waals surface area contributed by atoms with Crippen molar-refractivity contribution in [1.29, 1.82) is 0 Å². The SMILES string of the molecule is CN(c1ncnc2c1oc1ccccc12)C1CCCCC1. The molecule has 2 heterocycles. The Kier molecular flexibility index (Phi) is 3.02. The number of nitrogens with zero attached hydrogens (tertiary/aromatic N) is 3. The van der Waals surface area contributed by atoms with Gasteiger partial charge in [0.2, 0.25) is 0 Å². The van der Waals surface area contributed by atoms with E-state index in [1.165, 1.54) is 32.1 Å². The molecule has 1 saturated carbocycles. The van der Waals surface area contributed by atoms with Crippen LogP contribution in [0.2, 0.25) is 0 Å². The summed E-state index contributed by atoms with van der Waals surface area (Å²) in [4.78, 5) is 11.2. The lowest BCUT2D eigenvalue weighted by Gasteiger charge is -2.31. The lowest BCUT2D eigenvalue weighted by molar-refractivity contribution is 0.425. The summed E-state index contributed by atoms with van der Waals surface area (Å²) in [5.74, 6) is 0.920. The fourth-order valence-electron chi connectivity index (χ4n) is 3.40. The van der Waals surface area contributed by atoms with Crippen molar-refractivity contribution in [3.05, 3.63) is 30.6 Å². The zero-order valence-electron chi connectivity index (χ0n) is 12.2. The fraction of sp³-hybridized carbons (Fsp3) is 0.412. The standard InChI is InChI=1S/C17H19N3O/c1-20(12-7-3-2-4-8-12)17-16-15(18-11-19-17)13-9-5-6-10-14(13)21-16/h5-6,9-12H,2-4,7-8H2,1H3. The summed E-state index contributed by atoms with van der Waals surface area (Å²) >= 11 is 0. The molecule has 0 aliphatic heterocycles. The molecular weight excluding hydrogens is 262 g/mol. The molecule has 4 heteroatoms. The van der Waals surface area contributed by atoms with E-state index in [0.29, 0.717) is 6.04 Å². The normalized spacial score (nSPS) is 16.6. The molecule has 1 aromatic carbocycles. The fourth-order valence-corrected chi connectivity index (χ4v) is 3.40. The molecule has 0 N–H and O–H groups in total. The van der Waals surface area contributed by atoms with Crippen LogP contribution in [0.15, 0.2) is 35.0 Å². The van der Waals surface area contributed by atoms with Gasteiger partial charge in [-0.15, -0.1) is 0 Å². The first-order chi connectivity index (χ1) is 10.3. The molecule has 0 bridgehead atoms. The van der Waals surface area contributed by atoms with Gasteiger partial charge in [-0.2, -0.15) is 0 Å². The number of aromatic nitrogens is 2. The second-order valence-electron chi connectivity index (χ2n) is 5.88. The van der Waals surface area contributed by atoms with Gasteiger partial charge in [0.05, 0.1) is 0 Å². The molecular formula is C17H19N3O. The third-order valence-electron chi connectivity index (χ3n) is 4.60. The van der Waals surface area contributed by atoms with Gasteiger partial charge in [0, 0.05) is 18.5 Å². The number of anilines is 1. The molecule has 3 aromatic rings. The molecule has 1 fully saturated rings. The second-order valence-corrected chi connectivity index (χ2v) is 5.88. The molecule has 0 spiro atoms. The van der Waals surface area contributed by atoms with Gasteiger partial charge in [-0.05, 0) is 25.0 Å². The Balaban J connectivity index is 1.84. The number of rotatable bonds is 2. The van der Waals surface area contributed by atoms with E-state index in [1.54, 1.807) is 6.33 Å². The lowest BCUT2D eigenvalue weighted by atomic mass is 9.94. The summed E-state index contributed by atoms with van der Waals surface area (Å²) in [7, 11) is 2.13. The summed E-state index contributed by atoms with van der Waals surface area (Å²) in [6, 6.07) is 8.61. The van der Waals surface area contributed by atoms with Crippen LogP contribution >= 0.6 is 0 Å². The van der Waals surface area contributed by atoms with Crippen molar-refractivity contribution in [3.8, 4) is 0 Å². The van der Waals surface area contributed by atoms with E-state index in [1.807, 2.05) is 18.2 Å². The number of furan rings is 1. The van der Waals surface area contributed by atoms with Crippen molar-refractivity contribution in [2.45, 2.75) is 38.1 Å². The van der Waals surface area contributed by atoms with Gasteiger partial charge in [0.15, 0.2) is 11.4 Å². The van der Waals surface area contributed by atoms with Crippen molar-refractivity contribution < 1.29 is 4.42 Å². The zero-order valence-corrected chi connectivity index (χ0v) is 12.2. The zero-order chi connectivity index (χ0) is 14.2. The molecule has 4 rings (SSSR count). The number of hydrogen-bond acceptors (Lipinski definition) is 4. The van der Waals surface area contributed by atoms with E-state index in [0.717, 1.165) is 27.9 Å². The third kappa shape index (κ3) is 2.06. The first-order valence-corrected chi connectivity index (χ1v) is 7.69. The maximum atomic E-state index is 6.03. The Morgan fingerprint density at radius 1 is 1.10 bits per heavy atom. The summed E-state index contributed by atoms with van der Waals surface area (Å²) in [5.41, 5.74) is 2.61. The van der Waals surface area contributed by atoms with Crippen LogP contribution in [0, 0.1) is 0 Å². The van der Waals surface area contributed by atoms with Gasteiger partial charge >= 0.3 is 0 Å². The highest BCUT2D eigenvalue weighted by atomic mass is 16.3. The van der Waals surface area contributed by atoms with Gasteiger partial charge in [0.1, 0.15) is 17.4 Å². The minimum absolute atomic E-state index is 0.560. The average molecular weight is 281 g/mol. The first-order valence-electron chi connectivity index (χ1n) is 7.69. The number of fused-ring (bicyclic) bond motifs is 3. The van der Waals surface area contributed by atoms with E-state index in [-0.39, 0.29) is 0 Å². The summed E-state index contributed by atoms with van der Waals surface area (Å²) in [5, 5.41) is 1.06. The minimum atomic E-state index is 0.560. The van der Waals surface area contributed by atoms with Crippen LogP contribution in [0.1, 0.15) is 32.1 Å². The summed E-state index contributed by atoms with van der Waals surface area (Å²) < 4.78 is 6.03. The Morgan fingerprint density at radius 3 is 2.76 bits per heavy atom. The van der Waals surface area contributed by atoms with Crippen molar-refractivity contribution >= 4 is 27.9 Å². The second kappa shape index (κ2) is 5.02. The van der Waals surface area contributed by atoms with Crippen LogP contribution in [-0.4, -0.2) is 23.1 Å². The summed E-state index contributed by atoms with van der Waals surface area (Å²) in [6.45, 7) is 0. The maximum absolute atomic E-state index is 6.03. The number of hydrogen-bond donors (Lipinski definition) is 0. The molecule has 108 valence electrons. The van der Waals surface area contributed by atoms with Crippen LogP contribution in [0.5, 0.6) is 0 Å². The molecule has 0 atom stereocenters. The smallest absolute Gasteiger partial charge is 0.196 e. The predicted octanol–water partition coefficient (Wildman–Crippen LogP) is 4.14. The molecule has 1 aliphatic carbocycles. The highest BCUT2D eigenvalue weighted by molar-refractivity contribution is 6.05. The average Bonchev–Trinajstić information content (AvgIpc) is 2.94. The van der Waals surface area contributed by atoms with Gasteiger partial charge in [-0.3, -0.25) is 0 Å². The van der Waals surface area contributed by atoms with Crippen LogP contribution in [0.4, 0.5) is 5.82 Å². The monoisotopic (exact) mass is 281 g/mol. The van der Waals surface area contributed by atoms with Crippen molar-refractivity contribution in [2.75, 3.05) is 11.9 Å². The number of benzene rings is 1. The van der Waals surface area contributed by atoms with E-state index in [4.69, 9.17) is 4.42 Å². The summed E-state index contributed by atoms with van der Waals surface area (Å²) in [6.07, 6.45) is 8.10. The molecule has 4 nitrogen and oxygen atoms in total. The van der Waals surface area contributed by atoms with Gasteiger partial charge in [-0.25, -0.2) is 9.97 Å². The quantitative estimate of drug-likeness (QED) is 0.708. The van der Waals surface area contributed by atoms with Gasteiger partial charge in [-0.1, -0.05) is 31.4 Å². The van der Waals surface area contributed by atoms with Crippen molar-refractivity contribution in [1.82, 2.24) is 9.97 Å². The third-order valence-corrected chi connectivity index (χ3v) is 4.60. The van der Waals surface area contributed by atoms with Crippen LogP contribution in [-0.2, 0) is 0 Å². The highest BCUT2D eigenvalue weighted by Gasteiger charge is 2.23. The van der Waals surface area contributed by atoms with E-state index >= 15 is 0 Å². The largest absolute Gasteiger partial charge is 0.450 e. The molecule has 2 aromatic heterocycles. The molecule has 21 heavy (non-hydrogen) atoms. The molecule has 0 saturated heterocycles. The molecule has 0 amide bonds. The van der Waals surface area contributed by atoms with E-state index < -0.39 is 0 Å². The van der Waals surface area contributed by atoms with Crippen LogP contribution in [0.25, 0.3) is 22.1 Å². The predicted molar refractivity (Wildman–Crippen MR) is 84.6 cm³/mol. The van der Waals surface area contributed by atoms with Crippen LogP contribution in [0.3, 0.4) is 0 Å². The lowest BCUT2D eigenvalue weighted by Crippen LogP contribution is -2.34. The Bertz CT molecular complexity index is 774. The molecule has 0 unspecified atom stereocenters. The Morgan fingerprint density at radius 2 is 1.90 bits per heavy atom. The van der Waals surface area contributed by atoms with Crippen molar-refractivity contribution in [2.24, 2.45) is 0 Å². The molecule has 1 aliphatic rings. The molecule has 0 radical (unpaired) electrons. The van der Waals surface area contributed by atoms with Crippen LogP contribution < -0.4 is 4.90 Å².